The van der Waals surface area contributed by atoms with Crippen molar-refractivity contribution in [2.24, 2.45) is 0 Å². The van der Waals surface area contributed by atoms with Gasteiger partial charge in [0.05, 0.1) is 45.7 Å². The minimum atomic E-state index is -0.331. The highest BCUT2D eigenvalue weighted by atomic mass is 16.5. The molecule has 0 saturated carbocycles. The molecule has 0 spiro atoms. The molecule has 0 fully saturated rings. The molecule has 0 aromatic heterocycles. The molecule has 0 unspecified atom stereocenters. The Balaban J connectivity index is 2.39. The van der Waals surface area contributed by atoms with Crippen molar-refractivity contribution in [3.63, 3.8) is 0 Å². The summed E-state index contributed by atoms with van der Waals surface area (Å²) in [6.45, 7) is 3.60. The van der Waals surface area contributed by atoms with Crippen LogP contribution in [-0.4, -0.2) is 44.6 Å². The molecule has 106 valence electrons. The fourth-order valence-corrected chi connectivity index (χ4v) is 1.63. The molecule has 0 aliphatic carbocycles. The van der Waals surface area contributed by atoms with E-state index in [1.54, 1.807) is 6.07 Å². The second-order valence-corrected chi connectivity index (χ2v) is 4.03. The third-order valence-corrected chi connectivity index (χ3v) is 2.57. The molecule has 5 nitrogen and oxygen atoms in total. The van der Waals surface area contributed by atoms with E-state index in [-0.39, 0.29) is 12.6 Å². The molecule has 1 rings (SSSR count). The van der Waals surface area contributed by atoms with E-state index in [2.05, 4.69) is 4.74 Å². The summed E-state index contributed by atoms with van der Waals surface area (Å²) in [6.07, 6.45) is 0. The van der Waals surface area contributed by atoms with E-state index in [9.17, 15) is 4.79 Å². The molecule has 0 bridgehead atoms. The van der Waals surface area contributed by atoms with Gasteiger partial charge in [0.1, 0.15) is 0 Å². The van der Waals surface area contributed by atoms with Crippen LogP contribution < -0.4 is 0 Å². The lowest BCUT2D eigenvalue weighted by Crippen LogP contribution is -2.08. The fraction of sp³-hybridized carbons (Fsp3) is 0.500. The van der Waals surface area contributed by atoms with Gasteiger partial charge in [0, 0.05) is 0 Å². The minimum Gasteiger partial charge on any atom is -0.465 e. The summed E-state index contributed by atoms with van der Waals surface area (Å²) >= 11 is 0. The first-order valence-corrected chi connectivity index (χ1v) is 6.13. The fourth-order valence-electron chi connectivity index (χ4n) is 1.63. The Labute approximate surface area is 113 Å². The minimum absolute atomic E-state index is 0.0220. The van der Waals surface area contributed by atoms with Crippen LogP contribution >= 0.6 is 0 Å². The molecular weight excluding hydrogens is 248 g/mol. The summed E-state index contributed by atoms with van der Waals surface area (Å²) in [4.78, 5) is 11.4. The SMILES string of the molecule is COC(=O)c1ccc(COCCOCCO)cc1C. The molecule has 1 N–H and O–H groups in total. The number of methoxy groups -OCH3 is 1. The van der Waals surface area contributed by atoms with E-state index >= 15 is 0 Å². The van der Waals surface area contributed by atoms with Crippen LogP contribution in [0.1, 0.15) is 21.5 Å². The van der Waals surface area contributed by atoms with Crippen molar-refractivity contribution < 1.29 is 24.1 Å². The monoisotopic (exact) mass is 268 g/mol. The second kappa shape index (κ2) is 8.63. The van der Waals surface area contributed by atoms with Crippen molar-refractivity contribution in [3.8, 4) is 0 Å². The summed E-state index contributed by atoms with van der Waals surface area (Å²) in [6, 6.07) is 5.48. The van der Waals surface area contributed by atoms with Crippen LogP contribution in [0.15, 0.2) is 18.2 Å². The largest absolute Gasteiger partial charge is 0.465 e. The van der Waals surface area contributed by atoms with Crippen molar-refractivity contribution in [1.82, 2.24) is 0 Å². The van der Waals surface area contributed by atoms with Crippen molar-refractivity contribution >= 4 is 5.97 Å². The number of aliphatic hydroxyl groups is 1. The topological polar surface area (TPSA) is 65.0 Å². The number of hydrogen-bond acceptors (Lipinski definition) is 5. The molecule has 0 radical (unpaired) electrons. The molecule has 0 heterocycles. The molecule has 1 aromatic carbocycles. The van der Waals surface area contributed by atoms with E-state index in [1.165, 1.54) is 7.11 Å². The van der Waals surface area contributed by atoms with E-state index in [0.717, 1.165) is 11.1 Å². The van der Waals surface area contributed by atoms with E-state index < -0.39 is 0 Å². The Kier molecular flexibility index (Phi) is 7.10. The van der Waals surface area contributed by atoms with Crippen LogP contribution in [0.5, 0.6) is 0 Å². The third kappa shape index (κ3) is 5.38. The average Bonchev–Trinajstić information content (AvgIpc) is 2.42. The summed E-state index contributed by atoms with van der Waals surface area (Å²) in [5.74, 6) is -0.331. The smallest absolute Gasteiger partial charge is 0.338 e. The number of benzene rings is 1. The van der Waals surface area contributed by atoms with Crippen molar-refractivity contribution in [2.45, 2.75) is 13.5 Å². The van der Waals surface area contributed by atoms with Gasteiger partial charge in [-0.1, -0.05) is 12.1 Å². The zero-order valence-electron chi connectivity index (χ0n) is 11.3. The van der Waals surface area contributed by atoms with Crippen LogP contribution in [0, 0.1) is 6.92 Å². The molecule has 0 amide bonds. The van der Waals surface area contributed by atoms with Crippen LogP contribution in [0.25, 0.3) is 0 Å². The normalized spacial score (nSPS) is 10.5. The quantitative estimate of drug-likeness (QED) is 0.569. The third-order valence-electron chi connectivity index (χ3n) is 2.57. The number of rotatable bonds is 8. The second-order valence-electron chi connectivity index (χ2n) is 4.03. The van der Waals surface area contributed by atoms with Gasteiger partial charge in [0.25, 0.3) is 0 Å². The lowest BCUT2D eigenvalue weighted by Gasteiger charge is -2.08. The first-order chi connectivity index (χ1) is 9.19. The van der Waals surface area contributed by atoms with Gasteiger partial charge < -0.3 is 19.3 Å². The number of esters is 1. The highest BCUT2D eigenvalue weighted by Crippen LogP contribution is 2.13. The van der Waals surface area contributed by atoms with Gasteiger partial charge >= 0.3 is 5.97 Å². The Morgan fingerprint density at radius 2 is 1.95 bits per heavy atom. The predicted molar refractivity (Wildman–Crippen MR) is 70.1 cm³/mol. The van der Waals surface area contributed by atoms with Crippen molar-refractivity contribution in [1.29, 1.82) is 0 Å². The highest BCUT2D eigenvalue weighted by molar-refractivity contribution is 5.90. The van der Waals surface area contributed by atoms with Gasteiger partial charge in [-0.3, -0.25) is 0 Å². The van der Waals surface area contributed by atoms with E-state index in [0.29, 0.717) is 32.0 Å². The van der Waals surface area contributed by atoms with Crippen LogP contribution in [0.4, 0.5) is 0 Å². The van der Waals surface area contributed by atoms with Crippen LogP contribution in [-0.2, 0) is 20.8 Å². The molecule has 5 heteroatoms. The number of carbonyl (C=O) groups excluding carboxylic acids is 1. The first-order valence-electron chi connectivity index (χ1n) is 6.13. The standard InChI is InChI=1S/C14H20O5/c1-11-9-12(3-4-13(11)14(16)17-2)10-19-8-7-18-6-5-15/h3-4,9,15H,5-8,10H2,1-2H3. The summed E-state index contributed by atoms with van der Waals surface area (Å²) < 4.78 is 15.2. The maximum atomic E-state index is 11.4. The molecule has 1 aromatic rings. The van der Waals surface area contributed by atoms with Gasteiger partial charge in [-0.2, -0.15) is 0 Å². The number of carbonyl (C=O) groups is 1. The number of ether oxygens (including phenoxy) is 3. The van der Waals surface area contributed by atoms with Crippen LogP contribution in [0.2, 0.25) is 0 Å². The molecule has 0 aliphatic rings. The molecule has 0 saturated heterocycles. The Hall–Kier alpha value is -1.43. The molecule has 19 heavy (non-hydrogen) atoms. The number of aryl methyl sites for hydroxylation is 1. The zero-order chi connectivity index (χ0) is 14.1. The van der Waals surface area contributed by atoms with E-state index in [1.807, 2.05) is 19.1 Å². The first kappa shape index (κ1) is 15.6. The van der Waals surface area contributed by atoms with Crippen molar-refractivity contribution in [3.05, 3.63) is 34.9 Å². The Bertz CT molecular complexity index is 403. The van der Waals surface area contributed by atoms with Crippen LogP contribution in [0.3, 0.4) is 0 Å². The van der Waals surface area contributed by atoms with E-state index in [4.69, 9.17) is 14.6 Å². The lowest BCUT2D eigenvalue weighted by molar-refractivity contribution is 0.0274. The van der Waals surface area contributed by atoms with Crippen molar-refractivity contribution in [2.75, 3.05) is 33.5 Å². The van der Waals surface area contributed by atoms with Gasteiger partial charge in [-0.25, -0.2) is 4.79 Å². The summed E-state index contributed by atoms with van der Waals surface area (Å²) in [5.41, 5.74) is 2.43. The lowest BCUT2D eigenvalue weighted by atomic mass is 10.1. The zero-order valence-corrected chi connectivity index (χ0v) is 11.3. The maximum absolute atomic E-state index is 11.4. The molecule has 0 aliphatic heterocycles. The number of aliphatic hydroxyl groups excluding tert-OH is 1. The Morgan fingerprint density at radius 1 is 1.21 bits per heavy atom. The van der Waals surface area contributed by atoms with Gasteiger partial charge in [0.15, 0.2) is 0 Å². The number of hydrogen-bond donors (Lipinski definition) is 1. The predicted octanol–water partition coefficient (Wildman–Crippen LogP) is 1.31. The Morgan fingerprint density at radius 3 is 2.58 bits per heavy atom. The van der Waals surface area contributed by atoms with Gasteiger partial charge in [-0.05, 0) is 24.1 Å². The summed E-state index contributed by atoms with van der Waals surface area (Å²) in [5, 5.41) is 8.52. The average molecular weight is 268 g/mol. The molecular formula is C14H20O5. The summed E-state index contributed by atoms with van der Waals surface area (Å²) in [7, 11) is 1.37. The maximum Gasteiger partial charge on any atom is 0.338 e. The van der Waals surface area contributed by atoms with Gasteiger partial charge in [0.2, 0.25) is 0 Å². The highest BCUT2D eigenvalue weighted by Gasteiger charge is 2.09. The van der Waals surface area contributed by atoms with Gasteiger partial charge in [-0.15, -0.1) is 0 Å². The molecule has 0 atom stereocenters.